The van der Waals surface area contributed by atoms with Crippen LogP contribution >= 0.6 is 0 Å². The summed E-state index contributed by atoms with van der Waals surface area (Å²) in [7, 11) is 1.00. The predicted molar refractivity (Wildman–Crippen MR) is 93.0 cm³/mol. The van der Waals surface area contributed by atoms with Crippen LogP contribution in [-0.2, 0) is 10.0 Å². The minimum Gasteiger partial charge on any atom is -0.496 e. The van der Waals surface area contributed by atoms with Gasteiger partial charge in [-0.1, -0.05) is 6.07 Å². The molecule has 0 spiro atoms. The standard InChI is InChI=1S/C17H20N2O4S/c1-12-5-6-13(11-16(12)23-4)17(20)18-14-7-9-15(10-8-14)24(21,22)19(2)3/h5-11H,1-4H3,(H,18,20). The molecule has 0 atom stereocenters. The van der Waals surface area contributed by atoms with Crippen LogP contribution in [0.1, 0.15) is 15.9 Å². The molecule has 2 aromatic rings. The summed E-state index contributed by atoms with van der Waals surface area (Å²) in [5.41, 5.74) is 1.91. The summed E-state index contributed by atoms with van der Waals surface area (Å²) in [6.45, 7) is 1.89. The van der Waals surface area contributed by atoms with Crippen LogP contribution in [0, 0.1) is 6.92 Å². The molecule has 0 saturated carbocycles. The van der Waals surface area contributed by atoms with E-state index in [4.69, 9.17) is 4.74 Å². The van der Waals surface area contributed by atoms with Gasteiger partial charge in [-0.2, -0.15) is 0 Å². The Kier molecular flexibility index (Phi) is 5.26. The van der Waals surface area contributed by atoms with Crippen LogP contribution in [0.4, 0.5) is 5.69 Å². The van der Waals surface area contributed by atoms with Crippen molar-refractivity contribution in [2.45, 2.75) is 11.8 Å². The van der Waals surface area contributed by atoms with Gasteiger partial charge in [0.25, 0.3) is 5.91 Å². The Morgan fingerprint density at radius 2 is 1.71 bits per heavy atom. The van der Waals surface area contributed by atoms with Gasteiger partial charge >= 0.3 is 0 Å². The van der Waals surface area contributed by atoms with E-state index in [0.717, 1.165) is 9.87 Å². The van der Waals surface area contributed by atoms with Crippen molar-refractivity contribution in [3.63, 3.8) is 0 Å². The van der Waals surface area contributed by atoms with E-state index in [1.165, 1.54) is 26.2 Å². The first-order valence-corrected chi connectivity index (χ1v) is 8.68. The van der Waals surface area contributed by atoms with Crippen molar-refractivity contribution in [3.8, 4) is 5.75 Å². The molecule has 0 unspecified atom stereocenters. The molecule has 7 heteroatoms. The molecule has 1 amide bonds. The predicted octanol–water partition coefficient (Wildman–Crippen LogP) is 2.51. The SMILES string of the molecule is COc1cc(C(=O)Nc2ccc(S(=O)(=O)N(C)C)cc2)ccc1C. The maximum Gasteiger partial charge on any atom is 0.255 e. The van der Waals surface area contributed by atoms with Gasteiger partial charge in [0.1, 0.15) is 5.75 Å². The van der Waals surface area contributed by atoms with Crippen LogP contribution in [0.3, 0.4) is 0 Å². The molecule has 6 nitrogen and oxygen atoms in total. The zero-order valence-electron chi connectivity index (χ0n) is 14.0. The first-order chi connectivity index (χ1) is 11.3. The van der Waals surface area contributed by atoms with Crippen molar-refractivity contribution in [1.82, 2.24) is 4.31 Å². The third-order valence-corrected chi connectivity index (χ3v) is 5.39. The fourth-order valence-corrected chi connectivity index (χ4v) is 2.99. The number of hydrogen-bond donors (Lipinski definition) is 1. The lowest BCUT2D eigenvalue weighted by Gasteiger charge is -2.12. The Balaban J connectivity index is 2.18. The van der Waals surface area contributed by atoms with Crippen LogP contribution in [0.15, 0.2) is 47.4 Å². The van der Waals surface area contributed by atoms with Gasteiger partial charge in [0, 0.05) is 25.3 Å². The maximum absolute atomic E-state index is 12.3. The number of nitrogens with one attached hydrogen (secondary N) is 1. The minimum absolute atomic E-state index is 0.169. The number of ether oxygens (including phenoxy) is 1. The number of hydrogen-bond acceptors (Lipinski definition) is 4. The fourth-order valence-electron chi connectivity index (χ4n) is 2.09. The number of benzene rings is 2. The topological polar surface area (TPSA) is 75.7 Å². The van der Waals surface area contributed by atoms with Crippen molar-refractivity contribution in [2.24, 2.45) is 0 Å². The number of carbonyl (C=O) groups is 1. The van der Waals surface area contributed by atoms with Gasteiger partial charge in [-0.15, -0.1) is 0 Å². The van der Waals surface area contributed by atoms with Gasteiger partial charge in [-0.3, -0.25) is 4.79 Å². The Labute approximate surface area is 142 Å². The second-order valence-corrected chi connectivity index (χ2v) is 7.60. The summed E-state index contributed by atoms with van der Waals surface area (Å²) >= 11 is 0. The Morgan fingerprint density at radius 3 is 2.25 bits per heavy atom. The molecule has 0 radical (unpaired) electrons. The highest BCUT2D eigenvalue weighted by molar-refractivity contribution is 7.89. The van der Waals surface area contributed by atoms with Gasteiger partial charge in [0.2, 0.25) is 10.0 Å². The lowest BCUT2D eigenvalue weighted by molar-refractivity contribution is 0.102. The first-order valence-electron chi connectivity index (χ1n) is 7.24. The van der Waals surface area contributed by atoms with Crippen molar-refractivity contribution in [3.05, 3.63) is 53.6 Å². The number of sulfonamides is 1. The zero-order chi connectivity index (χ0) is 17.9. The molecule has 1 N–H and O–H groups in total. The molecule has 0 bridgehead atoms. The lowest BCUT2D eigenvalue weighted by Crippen LogP contribution is -2.22. The van der Waals surface area contributed by atoms with Crippen LogP contribution in [0.2, 0.25) is 0 Å². The summed E-state index contributed by atoms with van der Waals surface area (Å²) in [5, 5.41) is 2.73. The number of rotatable bonds is 5. The van der Waals surface area contributed by atoms with Gasteiger partial charge in [0.05, 0.1) is 12.0 Å². The second kappa shape index (κ2) is 7.02. The number of anilines is 1. The molecule has 0 aliphatic carbocycles. The summed E-state index contributed by atoms with van der Waals surface area (Å²) in [6.07, 6.45) is 0. The first kappa shape index (κ1) is 18.0. The number of nitrogens with zero attached hydrogens (tertiary/aromatic N) is 1. The van der Waals surface area contributed by atoms with E-state index in [-0.39, 0.29) is 10.8 Å². The Morgan fingerprint density at radius 1 is 1.08 bits per heavy atom. The van der Waals surface area contributed by atoms with Crippen LogP contribution < -0.4 is 10.1 Å². The highest BCUT2D eigenvalue weighted by atomic mass is 32.2. The molecule has 0 heterocycles. The zero-order valence-corrected chi connectivity index (χ0v) is 14.8. The molecule has 0 saturated heterocycles. The van der Waals surface area contributed by atoms with Crippen molar-refractivity contribution in [1.29, 1.82) is 0 Å². The third kappa shape index (κ3) is 3.74. The number of carbonyl (C=O) groups excluding carboxylic acids is 1. The molecule has 2 aromatic carbocycles. The summed E-state index contributed by atoms with van der Waals surface area (Å²) in [5.74, 6) is 0.339. The average molecular weight is 348 g/mol. The van der Waals surface area contributed by atoms with Gasteiger partial charge in [0.15, 0.2) is 0 Å². The Bertz CT molecular complexity index is 843. The largest absolute Gasteiger partial charge is 0.496 e. The molecular weight excluding hydrogens is 328 g/mol. The van der Waals surface area contributed by atoms with E-state index in [1.54, 1.807) is 37.4 Å². The second-order valence-electron chi connectivity index (χ2n) is 5.45. The van der Waals surface area contributed by atoms with Gasteiger partial charge < -0.3 is 10.1 Å². The van der Waals surface area contributed by atoms with Crippen molar-refractivity contribution < 1.29 is 17.9 Å². The summed E-state index contributed by atoms with van der Waals surface area (Å²) < 4.78 is 30.4. The van der Waals surface area contributed by atoms with Crippen LogP contribution in [0.25, 0.3) is 0 Å². The normalized spacial score (nSPS) is 11.4. The number of methoxy groups -OCH3 is 1. The lowest BCUT2D eigenvalue weighted by atomic mass is 10.1. The summed E-state index contributed by atoms with van der Waals surface area (Å²) in [6, 6.07) is 11.2. The monoisotopic (exact) mass is 348 g/mol. The van der Waals surface area contributed by atoms with E-state index in [9.17, 15) is 13.2 Å². The molecule has 0 aliphatic rings. The molecule has 24 heavy (non-hydrogen) atoms. The molecule has 128 valence electrons. The summed E-state index contributed by atoms with van der Waals surface area (Å²) in [4.78, 5) is 12.5. The smallest absolute Gasteiger partial charge is 0.255 e. The quantitative estimate of drug-likeness (QED) is 0.901. The molecule has 0 aliphatic heterocycles. The van der Waals surface area contributed by atoms with E-state index in [1.807, 2.05) is 6.92 Å². The van der Waals surface area contributed by atoms with Crippen molar-refractivity contribution in [2.75, 3.05) is 26.5 Å². The molecule has 0 fully saturated rings. The third-order valence-electron chi connectivity index (χ3n) is 3.56. The van der Waals surface area contributed by atoms with Crippen molar-refractivity contribution >= 4 is 21.6 Å². The Hall–Kier alpha value is -2.38. The minimum atomic E-state index is -3.48. The van der Waals surface area contributed by atoms with E-state index >= 15 is 0 Å². The fraction of sp³-hybridized carbons (Fsp3) is 0.235. The van der Waals surface area contributed by atoms with E-state index in [2.05, 4.69) is 5.32 Å². The molecule has 0 aromatic heterocycles. The van der Waals surface area contributed by atoms with Crippen LogP contribution in [0.5, 0.6) is 5.75 Å². The maximum atomic E-state index is 12.3. The average Bonchev–Trinajstić information content (AvgIpc) is 2.55. The number of amides is 1. The van der Waals surface area contributed by atoms with Crippen LogP contribution in [-0.4, -0.2) is 39.8 Å². The highest BCUT2D eigenvalue weighted by Crippen LogP contribution is 2.21. The number of aryl methyl sites for hydroxylation is 1. The molecule has 2 rings (SSSR count). The van der Waals surface area contributed by atoms with E-state index in [0.29, 0.717) is 17.0 Å². The molecular formula is C17H20N2O4S. The van der Waals surface area contributed by atoms with E-state index < -0.39 is 10.0 Å². The van der Waals surface area contributed by atoms with Gasteiger partial charge in [-0.25, -0.2) is 12.7 Å². The highest BCUT2D eigenvalue weighted by Gasteiger charge is 2.17. The van der Waals surface area contributed by atoms with Gasteiger partial charge in [-0.05, 0) is 48.9 Å².